The summed E-state index contributed by atoms with van der Waals surface area (Å²) in [4.78, 5) is 12.5. The van der Waals surface area contributed by atoms with Gasteiger partial charge in [-0.2, -0.15) is 0 Å². The number of methoxy groups -OCH3 is 2. The highest BCUT2D eigenvalue weighted by Gasteiger charge is 2.37. The molecule has 12 nitrogen and oxygen atoms in total. The van der Waals surface area contributed by atoms with Gasteiger partial charge in [0.05, 0.1) is 26.5 Å². The molecule has 0 N–H and O–H groups in total. The average molecular weight is 632 g/mol. The van der Waals surface area contributed by atoms with Crippen molar-refractivity contribution in [1.29, 1.82) is 0 Å². The van der Waals surface area contributed by atoms with Crippen molar-refractivity contribution in [2.24, 2.45) is 0 Å². The van der Waals surface area contributed by atoms with Crippen molar-refractivity contribution in [1.82, 2.24) is 35.0 Å². The molecule has 0 saturated heterocycles. The number of thioether (sulfide) groups is 1. The first-order valence-corrected chi connectivity index (χ1v) is 14.7. The Morgan fingerprint density at radius 2 is 1.95 bits per heavy atom. The molecule has 0 amide bonds. The standard InChI is InChI=1S/C28H31ClFN7O5S/c1-6-41-26(38)28(2,3)43-27-33-34-35-36(27)13-12-21-25-32-31-22(15-30)37(25)19-11-10-16(29)14-18(19)23(42-21)17-8-7-9-20(39-4)24(17)40-5/h7-11,14,21,23H,6,12-13,15H2,1-5H3/t21-,23-/m1/s1. The van der Waals surface area contributed by atoms with Gasteiger partial charge in [0.2, 0.25) is 5.16 Å². The van der Waals surface area contributed by atoms with Gasteiger partial charge in [-0.05, 0) is 55.5 Å². The van der Waals surface area contributed by atoms with Crippen molar-refractivity contribution in [2.45, 2.75) is 62.5 Å². The third-order valence-corrected chi connectivity index (χ3v) is 8.29. The molecule has 43 heavy (non-hydrogen) atoms. The summed E-state index contributed by atoms with van der Waals surface area (Å²) in [7, 11) is 3.11. The molecule has 1 aliphatic heterocycles. The van der Waals surface area contributed by atoms with Crippen LogP contribution in [0.4, 0.5) is 4.39 Å². The largest absolute Gasteiger partial charge is 0.493 e. The number of carbonyl (C=O) groups is 1. The summed E-state index contributed by atoms with van der Waals surface area (Å²) in [6, 6.07) is 10.8. The van der Waals surface area contributed by atoms with Gasteiger partial charge in [-0.25, -0.2) is 9.07 Å². The number of carbonyl (C=O) groups excluding carboxylic acids is 1. The van der Waals surface area contributed by atoms with E-state index in [9.17, 15) is 9.18 Å². The number of halogens is 2. The van der Waals surface area contributed by atoms with Crippen LogP contribution in [0.2, 0.25) is 5.02 Å². The SMILES string of the molecule is CCOC(=O)C(C)(C)Sc1nnnn1CC[C@H]1O[C@H](c2cccc(OC)c2OC)c2cc(Cl)ccc2-n2c(CF)nnc21. The van der Waals surface area contributed by atoms with Crippen LogP contribution in [0.25, 0.3) is 5.69 Å². The van der Waals surface area contributed by atoms with Crippen LogP contribution < -0.4 is 9.47 Å². The molecule has 3 heterocycles. The highest BCUT2D eigenvalue weighted by atomic mass is 35.5. The summed E-state index contributed by atoms with van der Waals surface area (Å²) in [6.45, 7) is 4.96. The van der Waals surface area contributed by atoms with Gasteiger partial charge in [0.25, 0.3) is 0 Å². The van der Waals surface area contributed by atoms with Crippen LogP contribution in [0, 0.1) is 0 Å². The number of rotatable bonds is 11. The number of ether oxygens (including phenoxy) is 4. The third-order valence-electron chi connectivity index (χ3n) is 6.91. The first kappa shape index (κ1) is 30.7. The lowest BCUT2D eigenvalue weighted by Gasteiger charge is -2.25. The van der Waals surface area contributed by atoms with Gasteiger partial charge >= 0.3 is 5.97 Å². The Morgan fingerprint density at radius 3 is 2.67 bits per heavy atom. The summed E-state index contributed by atoms with van der Waals surface area (Å²) < 4.78 is 39.9. The van der Waals surface area contributed by atoms with E-state index in [0.717, 1.165) is 0 Å². The lowest BCUT2D eigenvalue weighted by atomic mass is 9.98. The first-order valence-electron chi connectivity index (χ1n) is 13.5. The molecular weight excluding hydrogens is 601 g/mol. The summed E-state index contributed by atoms with van der Waals surface area (Å²) in [6.07, 6.45) is -1.07. The molecule has 4 aromatic rings. The molecule has 0 fully saturated rings. The Kier molecular flexibility index (Phi) is 9.18. The van der Waals surface area contributed by atoms with E-state index < -0.39 is 23.6 Å². The van der Waals surface area contributed by atoms with Crippen LogP contribution in [0.15, 0.2) is 41.6 Å². The van der Waals surface area contributed by atoms with Gasteiger partial charge < -0.3 is 18.9 Å². The van der Waals surface area contributed by atoms with Gasteiger partial charge in [0, 0.05) is 29.1 Å². The van der Waals surface area contributed by atoms with Crippen molar-refractivity contribution < 1.29 is 28.1 Å². The lowest BCUT2D eigenvalue weighted by molar-refractivity contribution is -0.145. The van der Waals surface area contributed by atoms with E-state index in [2.05, 4.69) is 25.7 Å². The maximum Gasteiger partial charge on any atom is 0.322 e. The van der Waals surface area contributed by atoms with Gasteiger partial charge in [0.1, 0.15) is 23.6 Å². The minimum absolute atomic E-state index is 0.125. The maximum absolute atomic E-state index is 14.3. The zero-order valence-electron chi connectivity index (χ0n) is 24.3. The van der Waals surface area contributed by atoms with E-state index in [-0.39, 0.29) is 24.9 Å². The Labute approximate surface area is 256 Å². The highest BCUT2D eigenvalue weighted by Crippen LogP contribution is 2.46. The van der Waals surface area contributed by atoms with E-state index >= 15 is 0 Å². The molecule has 15 heteroatoms. The molecule has 0 aliphatic carbocycles. The van der Waals surface area contributed by atoms with Crippen LogP contribution in [0.1, 0.15) is 62.2 Å². The normalized spacial score (nSPS) is 16.3. The second kappa shape index (κ2) is 12.9. The molecule has 2 aromatic heterocycles. The monoisotopic (exact) mass is 631 g/mol. The number of esters is 1. The fraction of sp³-hybridized carbons (Fsp3) is 0.429. The lowest BCUT2D eigenvalue weighted by Crippen LogP contribution is -2.30. The van der Waals surface area contributed by atoms with Crippen molar-refractivity contribution >= 4 is 29.3 Å². The Morgan fingerprint density at radius 1 is 1.14 bits per heavy atom. The number of hydrogen-bond donors (Lipinski definition) is 0. The zero-order valence-corrected chi connectivity index (χ0v) is 25.9. The van der Waals surface area contributed by atoms with Crippen molar-refractivity contribution in [3.63, 3.8) is 0 Å². The average Bonchev–Trinajstić information content (AvgIpc) is 3.60. The fourth-order valence-electron chi connectivity index (χ4n) is 4.91. The topological polar surface area (TPSA) is 128 Å². The minimum Gasteiger partial charge on any atom is -0.493 e. The third kappa shape index (κ3) is 6.04. The van der Waals surface area contributed by atoms with Crippen molar-refractivity contribution in [3.8, 4) is 17.2 Å². The molecule has 0 spiro atoms. The quantitative estimate of drug-likeness (QED) is 0.162. The molecule has 5 rings (SSSR count). The summed E-state index contributed by atoms with van der Waals surface area (Å²) >= 11 is 7.67. The van der Waals surface area contributed by atoms with E-state index in [0.29, 0.717) is 50.7 Å². The molecule has 228 valence electrons. The van der Waals surface area contributed by atoms with Gasteiger partial charge in [-0.1, -0.05) is 35.5 Å². The molecule has 0 bridgehead atoms. The fourth-order valence-corrected chi connectivity index (χ4v) is 6.00. The second-order valence-electron chi connectivity index (χ2n) is 10.0. The van der Waals surface area contributed by atoms with Crippen LogP contribution in [-0.4, -0.2) is 66.5 Å². The van der Waals surface area contributed by atoms with Gasteiger partial charge in [-0.15, -0.1) is 15.3 Å². The summed E-state index contributed by atoms with van der Waals surface area (Å²) in [5, 5.41) is 21.5. The Balaban J connectivity index is 1.55. The molecule has 1 aliphatic rings. The molecule has 2 atom stereocenters. The second-order valence-corrected chi connectivity index (χ2v) is 12.1. The van der Waals surface area contributed by atoms with E-state index in [4.69, 9.17) is 30.5 Å². The smallest absolute Gasteiger partial charge is 0.322 e. The van der Waals surface area contributed by atoms with Crippen LogP contribution in [0.3, 0.4) is 0 Å². The first-order chi connectivity index (χ1) is 20.7. The number of nitrogens with zero attached hydrogens (tertiary/aromatic N) is 7. The maximum atomic E-state index is 14.3. The molecular formula is C28H31ClFN7O5S. The molecule has 2 aromatic carbocycles. The number of fused-ring (bicyclic) bond motifs is 3. The van der Waals surface area contributed by atoms with Crippen molar-refractivity contribution in [2.75, 3.05) is 20.8 Å². The number of alkyl halides is 1. The van der Waals surface area contributed by atoms with Crippen molar-refractivity contribution in [3.05, 3.63) is 64.2 Å². The van der Waals surface area contributed by atoms with Gasteiger partial charge in [-0.3, -0.25) is 9.36 Å². The molecule has 0 unspecified atom stereocenters. The number of tetrazole rings is 1. The predicted octanol–water partition coefficient (Wildman–Crippen LogP) is 5.08. The number of aromatic nitrogens is 7. The predicted molar refractivity (Wildman–Crippen MR) is 155 cm³/mol. The summed E-state index contributed by atoms with van der Waals surface area (Å²) in [5.41, 5.74) is 1.99. The van der Waals surface area contributed by atoms with E-state index in [1.807, 2.05) is 12.1 Å². The van der Waals surface area contributed by atoms with Crippen LogP contribution in [-0.2, 0) is 27.5 Å². The zero-order chi connectivity index (χ0) is 30.7. The Hall–Kier alpha value is -3.75. The number of para-hydroxylation sites is 1. The van der Waals surface area contributed by atoms with Gasteiger partial charge in [0.15, 0.2) is 23.1 Å². The Bertz CT molecular complexity index is 1610. The number of benzene rings is 2. The van der Waals surface area contributed by atoms with E-state index in [1.54, 1.807) is 68.5 Å². The summed E-state index contributed by atoms with van der Waals surface area (Å²) in [5.74, 6) is 1.18. The minimum atomic E-state index is -0.924. The van der Waals surface area contributed by atoms with Crippen LogP contribution >= 0.6 is 23.4 Å². The van der Waals surface area contributed by atoms with E-state index in [1.165, 1.54) is 11.8 Å². The molecule has 0 radical (unpaired) electrons. The number of hydrogen-bond acceptors (Lipinski definition) is 11. The number of aryl methyl sites for hydroxylation is 1. The van der Waals surface area contributed by atoms with Crippen LogP contribution in [0.5, 0.6) is 11.5 Å². The molecule has 0 saturated carbocycles. The highest BCUT2D eigenvalue weighted by molar-refractivity contribution is 8.01.